The van der Waals surface area contributed by atoms with Gasteiger partial charge in [0.1, 0.15) is 6.04 Å². The first kappa shape index (κ1) is 13.1. The highest BCUT2D eigenvalue weighted by atomic mass is 32.2. The van der Waals surface area contributed by atoms with Crippen LogP contribution in [-0.2, 0) is 9.53 Å². The summed E-state index contributed by atoms with van der Waals surface area (Å²) in [5, 5.41) is 11.5. The van der Waals surface area contributed by atoms with E-state index in [0.29, 0.717) is 18.9 Å². The molecular formula is C9H16N2O4S. The lowest BCUT2D eigenvalue weighted by molar-refractivity contribution is -0.141. The summed E-state index contributed by atoms with van der Waals surface area (Å²) in [6.07, 6.45) is 0. The molecule has 2 amide bonds. The van der Waals surface area contributed by atoms with Crippen molar-refractivity contribution in [2.24, 2.45) is 0 Å². The molecule has 92 valence electrons. The summed E-state index contributed by atoms with van der Waals surface area (Å²) < 4.78 is 4.80. The SMILES string of the molecule is COCCNC(=O)N1C(C)SCC1C(=O)O. The molecular weight excluding hydrogens is 232 g/mol. The molecule has 6 nitrogen and oxygen atoms in total. The van der Waals surface area contributed by atoms with Crippen LogP contribution in [0.25, 0.3) is 0 Å². The highest BCUT2D eigenvalue weighted by Gasteiger charge is 2.39. The maximum atomic E-state index is 11.7. The lowest BCUT2D eigenvalue weighted by Gasteiger charge is -2.25. The van der Waals surface area contributed by atoms with E-state index in [1.165, 1.54) is 16.7 Å². The summed E-state index contributed by atoms with van der Waals surface area (Å²) in [6, 6.07) is -1.08. The topological polar surface area (TPSA) is 78.9 Å². The number of aliphatic carboxylic acids is 1. The molecule has 0 aromatic rings. The maximum absolute atomic E-state index is 11.7. The van der Waals surface area contributed by atoms with Gasteiger partial charge in [0.25, 0.3) is 0 Å². The number of methoxy groups -OCH3 is 1. The second-order valence-corrected chi connectivity index (χ2v) is 4.77. The molecule has 0 bridgehead atoms. The minimum absolute atomic E-state index is 0.108. The first-order valence-electron chi connectivity index (χ1n) is 4.97. The Morgan fingerprint density at radius 3 is 2.88 bits per heavy atom. The van der Waals surface area contributed by atoms with Crippen molar-refractivity contribution >= 4 is 23.8 Å². The van der Waals surface area contributed by atoms with Crippen molar-refractivity contribution in [1.82, 2.24) is 10.2 Å². The second kappa shape index (κ2) is 5.95. The predicted octanol–water partition coefficient (Wildman–Crippen LogP) is 0.190. The largest absolute Gasteiger partial charge is 0.480 e. The van der Waals surface area contributed by atoms with Crippen molar-refractivity contribution < 1.29 is 19.4 Å². The van der Waals surface area contributed by atoms with Gasteiger partial charge in [0.2, 0.25) is 0 Å². The van der Waals surface area contributed by atoms with E-state index in [1.54, 1.807) is 7.11 Å². The molecule has 1 heterocycles. The van der Waals surface area contributed by atoms with Crippen molar-refractivity contribution in [3.8, 4) is 0 Å². The van der Waals surface area contributed by atoms with Gasteiger partial charge in [-0.05, 0) is 6.92 Å². The Kier molecular flexibility index (Phi) is 4.88. The van der Waals surface area contributed by atoms with Gasteiger partial charge >= 0.3 is 12.0 Å². The molecule has 0 aromatic heterocycles. The molecule has 1 rings (SSSR count). The van der Waals surface area contributed by atoms with Crippen molar-refractivity contribution in [3.63, 3.8) is 0 Å². The van der Waals surface area contributed by atoms with Gasteiger partial charge in [-0.2, -0.15) is 0 Å². The van der Waals surface area contributed by atoms with Crippen LogP contribution >= 0.6 is 11.8 Å². The van der Waals surface area contributed by atoms with Gasteiger partial charge in [-0.25, -0.2) is 9.59 Å². The molecule has 0 spiro atoms. The summed E-state index contributed by atoms with van der Waals surface area (Å²) in [7, 11) is 1.54. The molecule has 1 saturated heterocycles. The number of nitrogens with one attached hydrogen (secondary N) is 1. The number of rotatable bonds is 4. The van der Waals surface area contributed by atoms with Gasteiger partial charge in [0.15, 0.2) is 0 Å². The predicted molar refractivity (Wildman–Crippen MR) is 60.5 cm³/mol. The third-order valence-corrected chi connectivity index (χ3v) is 3.54. The summed E-state index contributed by atoms with van der Waals surface area (Å²) in [5.41, 5.74) is 0. The molecule has 2 atom stereocenters. The first-order chi connectivity index (χ1) is 7.57. The standard InChI is InChI=1S/C9H16N2O4S/c1-6-11(7(5-16-6)8(12)13)9(14)10-3-4-15-2/h6-7H,3-5H2,1-2H3,(H,10,14)(H,12,13). The van der Waals surface area contributed by atoms with E-state index >= 15 is 0 Å². The summed E-state index contributed by atoms with van der Waals surface area (Å²) >= 11 is 1.46. The fourth-order valence-electron chi connectivity index (χ4n) is 1.49. The highest BCUT2D eigenvalue weighted by Crippen LogP contribution is 2.28. The number of carboxylic acid groups (broad SMARTS) is 1. The molecule has 1 fully saturated rings. The van der Waals surface area contributed by atoms with Gasteiger partial charge in [0, 0.05) is 19.4 Å². The van der Waals surface area contributed by atoms with Crippen LogP contribution in [0.3, 0.4) is 0 Å². The Bertz CT molecular complexity index is 274. The number of urea groups is 1. The smallest absolute Gasteiger partial charge is 0.327 e. The van der Waals surface area contributed by atoms with Gasteiger partial charge < -0.3 is 15.2 Å². The number of nitrogens with zero attached hydrogens (tertiary/aromatic N) is 1. The van der Waals surface area contributed by atoms with E-state index in [-0.39, 0.29) is 11.4 Å². The molecule has 1 aliphatic rings. The number of amides is 2. The van der Waals surface area contributed by atoms with Crippen LogP contribution in [0.4, 0.5) is 4.79 Å². The fourth-order valence-corrected chi connectivity index (χ4v) is 2.66. The molecule has 2 unspecified atom stereocenters. The van der Waals surface area contributed by atoms with Crippen LogP contribution in [0.1, 0.15) is 6.92 Å². The van der Waals surface area contributed by atoms with Crippen molar-refractivity contribution in [1.29, 1.82) is 0 Å². The molecule has 0 aliphatic carbocycles. The molecule has 2 N–H and O–H groups in total. The Balaban J connectivity index is 2.54. The van der Waals surface area contributed by atoms with E-state index in [0.717, 1.165) is 0 Å². The Morgan fingerprint density at radius 1 is 1.62 bits per heavy atom. The zero-order valence-electron chi connectivity index (χ0n) is 9.30. The zero-order valence-corrected chi connectivity index (χ0v) is 10.1. The van der Waals surface area contributed by atoms with Crippen LogP contribution in [0, 0.1) is 0 Å². The highest BCUT2D eigenvalue weighted by molar-refractivity contribution is 8.00. The van der Waals surface area contributed by atoms with Crippen LogP contribution < -0.4 is 5.32 Å². The lowest BCUT2D eigenvalue weighted by atomic mass is 10.3. The van der Waals surface area contributed by atoms with Crippen molar-refractivity contribution in [2.75, 3.05) is 26.0 Å². The molecule has 0 aromatic carbocycles. The van der Waals surface area contributed by atoms with E-state index < -0.39 is 12.0 Å². The molecule has 1 aliphatic heterocycles. The monoisotopic (exact) mass is 248 g/mol. The zero-order chi connectivity index (χ0) is 12.1. The first-order valence-corrected chi connectivity index (χ1v) is 6.02. The summed E-state index contributed by atoms with van der Waals surface area (Å²) in [4.78, 5) is 24.0. The number of carbonyl (C=O) groups excluding carboxylic acids is 1. The number of ether oxygens (including phenoxy) is 1. The Labute approximate surface area is 98.3 Å². The van der Waals surface area contributed by atoms with Gasteiger partial charge in [-0.3, -0.25) is 4.90 Å². The average Bonchev–Trinajstić information content (AvgIpc) is 2.60. The molecule has 16 heavy (non-hydrogen) atoms. The molecule has 0 saturated carbocycles. The molecule has 7 heteroatoms. The number of hydrogen-bond acceptors (Lipinski definition) is 4. The van der Waals surface area contributed by atoms with Crippen LogP contribution in [-0.4, -0.2) is 59.4 Å². The fraction of sp³-hybridized carbons (Fsp3) is 0.778. The minimum Gasteiger partial charge on any atom is -0.480 e. The third kappa shape index (κ3) is 3.02. The normalized spacial score (nSPS) is 24.5. The van der Waals surface area contributed by atoms with Crippen molar-refractivity contribution in [2.45, 2.75) is 18.3 Å². The number of carboxylic acids is 1. The maximum Gasteiger partial charge on any atom is 0.327 e. The van der Waals surface area contributed by atoms with Crippen LogP contribution in [0.15, 0.2) is 0 Å². The number of thioether (sulfide) groups is 1. The minimum atomic E-state index is -0.959. The van der Waals surface area contributed by atoms with Gasteiger partial charge in [-0.1, -0.05) is 0 Å². The third-order valence-electron chi connectivity index (χ3n) is 2.32. The quantitative estimate of drug-likeness (QED) is 0.694. The van der Waals surface area contributed by atoms with Gasteiger partial charge in [0.05, 0.1) is 12.0 Å². The van der Waals surface area contributed by atoms with Crippen LogP contribution in [0.5, 0.6) is 0 Å². The number of hydrogen-bond donors (Lipinski definition) is 2. The summed E-state index contributed by atoms with van der Waals surface area (Å²) in [6.45, 7) is 2.62. The average molecular weight is 248 g/mol. The Hall–Kier alpha value is -0.950. The van der Waals surface area contributed by atoms with Gasteiger partial charge in [-0.15, -0.1) is 11.8 Å². The van der Waals surface area contributed by atoms with E-state index in [4.69, 9.17) is 9.84 Å². The summed E-state index contributed by atoms with van der Waals surface area (Å²) in [5.74, 6) is -0.521. The van der Waals surface area contributed by atoms with E-state index in [9.17, 15) is 9.59 Å². The second-order valence-electron chi connectivity index (χ2n) is 3.42. The molecule has 0 radical (unpaired) electrons. The van der Waals surface area contributed by atoms with E-state index in [2.05, 4.69) is 5.32 Å². The Morgan fingerprint density at radius 2 is 2.31 bits per heavy atom. The lowest BCUT2D eigenvalue weighted by Crippen LogP contribution is -2.50. The van der Waals surface area contributed by atoms with Crippen molar-refractivity contribution in [3.05, 3.63) is 0 Å². The number of carbonyl (C=O) groups is 2. The van der Waals surface area contributed by atoms with E-state index in [1.807, 2.05) is 6.92 Å². The van der Waals surface area contributed by atoms with Crippen LogP contribution in [0.2, 0.25) is 0 Å².